The average Bonchev–Trinajstić information content (AvgIpc) is 2.29. The number of nitrogens with two attached hydrogens (primary N) is 1. The SMILES string of the molecule is N#CCC(O)C(O)c1cccc(CCN)c1. The van der Waals surface area contributed by atoms with Crippen molar-refractivity contribution < 1.29 is 10.2 Å². The Balaban J connectivity index is 2.79. The van der Waals surface area contributed by atoms with E-state index in [1.807, 2.05) is 18.2 Å². The maximum Gasteiger partial charge on any atom is 0.106 e. The molecule has 1 aromatic rings. The van der Waals surface area contributed by atoms with Gasteiger partial charge in [-0.3, -0.25) is 0 Å². The fourth-order valence-electron chi connectivity index (χ4n) is 1.53. The van der Waals surface area contributed by atoms with E-state index < -0.39 is 12.2 Å². The molecule has 0 saturated heterocycles. The maximum absolute atomic E-state index is 9.78. The smallest absolute Gasteiger partial charge is 0.106 e. The lowest BCUT2D eigenvalue weighted by Gasteiger charge is -2.16. The molecule has 0 aliphatic carbocycles. The van der Waals surface area contributed by atoms with Crippen molar-refractivity contribution in [1.29, 1.82) is 5.26 Å². The third kappa shape index (κ3) is 3.31. The summed E-state index contributed by atoms with van der Waals surface area (Å²) >= 11 is 0. The van der Waals surface area contributed by atoms with Crippen LogP contribution in [0.2, 0.25) is 0 Å². The van der Waals surface area contributed by atoms with Crippen LogP contribution < -0.4 is 5.73 Å². The Labute approximate surface area is 94.9 Å². The van der Waals surface area contributed by atoms with Crippen LogP contribution in [0.4, 0.5) is 0 Å². The molecule has 16 heavy (non-hydrogen) atoms. The summed E-state index contributed by atoms with van der Waals surface area (Å²) in [6, 6.07) is 9.08. The highest BCUT2D eigenvalue weighted by atomic mass is 16.3. The fourth-order valence-corrected chi connectivity index (χ4v) is 1.53. The molecular weight excluding hydrogens is 204 g/mol. The van der Waals surface area contributed by atoms with Gasteiger partial charge in [0, 0.05) is 0 Å². The Bertz CT molecular complexity index is 374. The molecule has 2 atom stereocenters. The molecule has 0 aliphatic heterocycles. The molecule has 1 rings (SSSR count). The van der Waals surface area contributed by atoms with E-state index in [4.69, 9.17) is 11.0 Å². The van der Waals surface area contributed by atoms with Gasteiger partial charge >= 0.3 is 0 Å². The minimum absolute atomic E-state index is 0.0811. The summed E-state index contributed by atoms with van der Waals surface area (Å²) in [5.41, 5.74) is 7.08. The molecule has 0 saturated carbocycles. The second-order valence-electron chi connectivity index (χ2n) is 3.66. The third-order valence-corrected chi connectivity index (χ3v) is 2.39. The first-order valence-electron chi connectivity index (χ1n) is 5.21. The van der Waals surface area contributed by atoms with Gasteiger partial charge < -0.3 is 15.9 Å². The van der Waals surface area contributed by atoms with Crippen molar-refractivity contribution in [2.24, 2.45) is 5.73 Å². The molecule has 4 nitrogen and oxygen atoms in total. The highest BCUT2D eigenvalue weighted by Crippen LogP contribution is 2.19. The van der Waals surface area contributed by atoms with Crippen molar-refractivity contribution in [2.45, 2.75) is 25.0 Å². The van der Waals surface area contributed by atoms with Crippen molar-refractivity contribution in [3.63, 3.8) is 0 Å². The zero-order chi connectivity index (χ0) is 12.0. The van der Waals surface area contributed by atoms with E-state index in [2.05, 4.69) is 0 Å². The number of hydrogen-bond donors (Lipinski definition) is 3. The number of hydrogen-bond acceptors (Lipinski definition) is 4. The van der Waals surface area contributed by atoms with Gasteiger partial charge in [-0.05, 0) is 24.1 Å². The number of aliphatic hydroxyl groups excluding tert-OH is 2. The zero-order valence-electron chi connectivity index (χ0n) is 9.00. The van der Waals surface area contributed by atoms with Crippen molar-refractivity contribution in [2.75, 3.05) is 6.54 Å². The van der Waals surface area contributed by atoms with Gasteiger partial charge in [-0.1, -0.05) is 24.3 Å². The van der Waals surface area contributed by atoms with Crippen LogP contribution >= 0.6 is 0 Å². The third-order valence-electron chi connectivity index (χ3n) is 2.39. The van der Waals surface area contributed by atoms with E-state index >= 15 is 0 Å². The number of rotatable bonds is 5. The van der Waals surface area contributed by atoms with E-state index in [1.54, 1.807) is 12.1 Å². The van der Waals surface area contributed by atoms with E-state index in [0.29, 0.717) is 12.1 Å². The van der Waals surface area contributed by atoms with Crippen LogP contribution in [0.1, 0.15) is 23.7 Å². The number of nitrogens with zero attached hydrogens (tertiary/aromatic N) is 1. The van der Waals surface area contributed by atoms with Crippen LogP contribution in [0.3, 0.4) is 0 Å². The normalized spacial score (nSPS) is 14.1. The molecule has 2 unspecified atom stereocenters. The summed E-state index contributed by atoms with van der Waals surface area (Å²) in [6.45, 7) is 0.542. The maximum atomic E-state index is 9.78. The van der Waals surface area contributed by atoms with Gasteiger partial charge in [0.15, 0.2) is 0 Å². The molecular formula is C12H16N2O2. The van der Waals surface area contributed by atoms with Gasteiger partial charge in [0.05, 0.1) is 18.6 Å². The Morgan fingerprint density at radius 3 is 2.75 bits per heavy atom. The first kappa shape index (κ1) is 12.7. The largest absolute Gasteiger partial charge is 0.389 e. The summed E-state index contributed by atoms with van der Waals surface area (Å²) in [6.07, 6.45) is -1.41. The molecule has 86 valence electrons. The zero-order valence-corrected chi connectivity index (χ0v) is 9.00. The monoisotopic (exact) mass is 220 g/mol. The van der Waals surface area contributed by atoms with Gasteiger partial charge in [0.1, 0.15) is 6.10 Å². The van der Waals surface area contributed by atoms with Crippen LogP contribution in [0.25, 0.3) is 0 Å². The summed E-state index contributed by atoms with van der Waals surface area (Å²) in [7, 11) is 0. The summed E-state index contributed by atoms with van der Waals surface area (Å²) < 4.78 is 0. The predicted molar refractivity (Wildman–Crippen MR) is 60.4 cm³/mol. The minimum Gasteiger partial charge on any atom is -0.389 e. The van der Waals surface area contributed by atoms with Crippen molar-refractivity contribution in [3.05, 3.63) is 35.4 Å². The molecule has 0 amide bonds. The standard InChI is InChI=1S/C12H16N2O2/c13-6-4-9-2-1-3-10(8-9)12(16)11(15)5-7-14/h1-3,8,11-12,15-16H,4-6,13H2. The minimum atomic E-state index is -1.04. The Morgan fingerprint density at radius 2 is 2.12 bits per heavy atom. The first-order valence-corrected chi connectivity index (χ1v) is 5.21. The van der Waals surface area contributed by atoms with Crippen LogP contribution in [0.15, 0.2) is 24.3 Å². The van der Waals surface area contributed by atoms with Gasteiger partial charge in [0.2, 0.25) is 0 Å². The van der Waals surface area contributed by atoms with Gasteiger partial charge in [-0.15, -0.1) is 0 Å². The molecule has 0 heterocycles. The summed E-state index contributed by atoms with van der Waals surface area (Å²) in [5.74, 6) is 0. The van der Waals surface area contributed by atoms with Gasteiger partial charge in [-0.2, -0.15) is 5.26 Å². The molecule has 0 fully saturated rings. The molecule has 4 N–H and O–H groups in total. The van der Waals surface area contributed by atoms with Gasteiger partial charge in [0.25, 0.3) is 0 Å². The predicted octanol–water partition coefficient (Wildman–Crippen LogP) is 0.496. The lowest BCUT2D eigenvalue weighted by atomic mass is 9.99. The summed E-state index contributed by atoms with van der Waals surface area (Å²) in [5, 5.41) is 27.7. The molecule has 0 aliphatic rings. The van der Waals surface area contributed by atoms with Crippen LogP contribution in [-0.4, -0.2) is 22.9 Å². The van der Waals surface area contributed by atoms with E-state index in [9.17, 15) is 10.2 Å². The molecule has 0 spiro atoms. The number of aliphatic hydroxyl groups is 2. The van der Waals surface area contributed by atoms with Gasteiger partial charge in [-0.25, -0.2) is 0 Å². The fraction of sp³-hybridized carbons (Fsp3) is 0.417. The lowest BCUT2D eigenvalue weighted by Crippen LogP contribution is -2.17. The second-order valence-corrected chi connectivity index (χ2v) is 3.66. The van der Waals surface area contributed by atoms with Crippen molar-refractivity contribution in [1.82, 2.24) is 0 Å². The first-order chi connectivity index (χ1) is 7.69. The van der Waals surface area contributed by atoms with E-state index in [0.717, 1.165) is 12.0 Å². The van der Waals surface area contributed by atoms with Crippen LogP contribution in [-0.2, 0) is 6.42 Å². The quantitative estimate of drug-likeness (QED) is 0.673. The highest BCUT2D eigenvalue weighted by Gasteiger charge is 2.17. The van der Waals surface area contributed by atoms with Crippen LogP contribution in [0, 0.1) is 11.3 Å². The molecule has 0 bridgehead atoms. The second kappa shape index (κ2) is 6.23. The van der Waals surface area contributed by atoms with Crippen molar-refractivity contribution in [3.8, 4) is 6.07 Å². The number of benzene rings is 1. The molecule has 1 aromatic carbocycles. The van der Waals surface area contributed by atoms with E-state index in [-0.39, 0.29) is 6.42 Å². The van der Waals surface area contributed by atoms with Crippen molar-refractivity contribution >= 4 is 0 Å². The van der Waals surface area contributed by atoms with Crippen LogP contribution in [0.5, 0.6) is 0 Å². The topological polar surface area (TPSA) is 90.3 Å². The highest BCUT2D eigenvalue weighted by molar-refractivity contribution is 5.26. The molecule has 0 aromatic heterocycles. The Hall–Kier alpha value is -1.41. The average molecular weight is 220 g/mol. The molecule has 4 heteroatoms. The van der Waals surface area contributed by atoms with E-state index in [1.165, 1.54) is 0 Å². The Kier molecular flexibility index (Phi) is 4.93. The molecule has 0 radical (unpaired) electrons. The summed E-state index contributed by atoms with van der Waals surface area (Å²) in [4.78, 5) is 0. The lowest BCUT2D eigenvalue weighted by molar-refractivity contribution is 0.0216. The number of nitriles is 1. The Morgan fingerprint density at radius 1 is 1.38 bits per heavy atom.